The van der Waals surface area contributed by atoms with Gasteiger partial charge in [-0.3, -0.25) is 0 Å². The highest BCUT2D eigenvalue weighted by Gasteiger charge is 2.14. The van der Waals surface area contributed by atoms with Gasteiger partial charge in [0.25, 0.3) is 0 Å². The largest absolute Gasteiger partial charge is 0.494 e. The molecule has 0 fully saturated rings. The summed E-state index contributed by atoms with van der Waals surface area (Å²) >= 11 is 0. The summed E-state index contributed by atoms with van der Waals surface area (Å²) in [5, 5.41) is 0. The van der Waals surface area contributed by atoms with Crippen molar-refractivity contribution in [3.05, 3.63) is 29.8 Å². The molecule has 0 amide bonds. The first kappa shape index (κ1) is 20.1. The molecule has 0 atom stereocenters. The van der Waals surface area contributed by atoms with E-state index in [4.69, 9.17) is 4.74 Å². The molecule has 0 unspecified atom stereocenters. The van der Waals surface area contributed by atoms with Gasteiger partial charge in [-0.05, 0) is 35.6 Å². The van der Waals surface area contributed by atoms with Crippen molar-refractivity contribution >= 4 is 0 Å². The molecule has 1 aromatic carbocycles. The molecule has 0 saturated heterocycles. The molecule has 1 heteroatoms. The minimum absolute atomic E-state index is 0.135. The lowest BCUT2D eigenvalue weighted by molar-refractivity contribution is 0.303. The van der Waals surface area contributed by atoms with Crippen LogP contribution in [0.25, 0.3) is 0 Å². The molecule has 0 heterocycles. The minimum atomic E-state index is 0.135. The van der Waals surface area contributed by atoms with Gasteiger partial charge in [-0.1, -0.05) is 91.5 Å². The first-order valence-electron chi connectivity index (χ1n) is 9.69. The predicted molar refractivity (Wildman–Crippen MR) is 101 cm³/mol. The van der Waals surface area contributed by atoms with Crippen LogP contribution in [0.3, 0.4) is 0 Å². The Balaban J connectivity index is 2.03. The van der Waals surface area contributed by atoms with E-state index in [0.29, 0.717) is 0 Å². The fourth-order valence-electron chi connectivity index (χ4n) is 2.75. The Kier molecular flexibility index (Phi) is 10.1. The second-order valence-electron chi connectivity index (χ2n) is 7.72. The summed E-state index contributed by atoms with van der Waals surface area (Å²) in [6.45, 7) is 9.75. The van der Waals surface area contributed by atoms with E-state index in [2.05, 4.69) is 39.8 Å². The van der Waals surface area contributed by atoms with Crippen LogP contribution in [0.5, 0.6) is 5.75 Å². The van der Waals surface area contributed by atoms with E-state index in [1.54, 1.807) is 0 Å². The lowest BCUT2D eigenvalue weighted by Gasteiger charge is -2.19. The summed E-state index contributed by atoms with van der Waals surface area (Å²) in [4.78, 5) is 0. The molecule has 1 rings (SSSR count). The molecule has 0 aliphatic rings. The maximum absolute atomic E-state index is 5.89. The summed E-state index contributed by atoms with van der Waals surface area (Å²) < 4.78 is 5.89. The Morgan fingerprint density at radius 2 is 1.43 bits per heavy atom. The second-order valence-corrected chi connectivity index (χ2v) is 7.72. The lowest BCUT2D eigenvalue weighted by Crippen LogP contribution is -2.11. The maximum Gasteiger partial charge on any atom is 0.119 e. The van der Waals surface area contributed by atoms with Crippen molar-refractivity contribution in [2.75, 3.05) is 6.61 Å². The number of hydrogen-bond donors (Lipinski definition) is 0. The first-order valence-corrected chi connectivity index (χ1v) is 9.69. The summed E-state index contributed by atoms with van der Waals surface area (Å²) in [6.07, 6.45) is 13.6. The summed E-state index contributed by atoms with van der Waals surface area (Å²) in [7, 11) is 0. The average molecular weight is 318 g/mol. The van der Waals surface area contributed by atoms with Crippen LogP contribution < -0.4 is 4.74 Å². The molecule has 0 aliphatic carbocycles. The van der Waals surface area contributed by atoms with Gasteiger partial charge < -0.3 is 4.74 Å². The maximum atomic E-state index is 5.89. The molecule has 131 valence electrons. The number of rotatable bonds is 12. The van der Waals surface area contributed by atoms with Gasteiger partial charge in [-0.2, -0.15) is 0 Å². The fraction of sp³-hybridized carbons (Fsp3) is 0.727. The molecule has 0 bridgehead atoms. The fourth-order valence-corrected chi connectivity index (χ4v) is 2.75. The Morgan fingerprint density at radius 3 is 2.00 bits per heavy atom. The molecule has 1 nitrogen and oxygen atoms in total. The first-order chi connectivity index (χ1) is 11.0. The van der Waals surface area contributed by atoms with E-state index >= 15 is 0 Å². The van der Waals surface area contributed by atoms with Crippen molar-refractivity contribution in [3.63, 3.8) is 0 Å². The zero-order chi connectivity index (χ0) is 17.0. The molecule has 0 aromatic heterocycles. The molecular weight excluding hydrogens is 280 g/mol. The summed E-state index contributed by atoms with van der Waals surface area (Å²) in [5.74, 6) is 0.990. The highest BCUT2D eigenvalue weighted by atomic mass is 16.5. The van der Waals surface area contributed by atoms with Crippen molar-refractivity contribution < 1.29 is 4.74 Å². The Labute approximate surface area is 144 Å². The number of unbranched alkanes of at least 4 members (excludes halogenated alkanes) is 9. The van der Waals surface area contributed by atoms with Crippen molar-refractivity contribution in [1.82, 2.24) is 0 Å². The Morgan fingerprint density at radius 1 is 0.870 bits per heavy atom. The third kappa shape index (κ3) is 9.69. The molecule has 23 heavy (non-hydrogen) atoms. The second kappa shape index (κ2) is 11.5. The van der Waals surface area contributed by atoms with Crippen molar-refractivity contribution in [1.29, 1.82) is 0 Å². The number of hydrogen-bond acceptors (Lipinski definition) is 1. The van der Waals surface area contributed by atoms with Crippen molar-refractivity contribution in [2.45, 2.75) is 97.3 Å². The van der Waals surface area contributed by atoms with Crippen LogP contribution in [0, 0.1) is 6.07 Å². The minimum Gasteiger partial charge on any atom is -0.494 e. The normalized spacial score (nSPS) is 11.7. The lowest BCUT2D eigenvalue weighted by atomic mass is 9.87. The monoisotopic (exact) mass is 317 g/mol. The molecular formula is C22H37O. The van der Waals surface area contributed by atoms with Gasteiger partial charge >= 0.3 is 0 Å². The van der Waals surface area contributed by atoms with E-state index in [1.165, 1.54) is 69.8 Å². The van der Waals surface area contributed by atoms with E-state index in [9.17, 15) is 0 Å². The average Bonchev–Trinajstić information content (AvgIpc) is 2.52. The van der Waals surface area contributed by atoms with Gasteiger partial charge in [0.15, 0.2) is 0 Å². The van der Waals surface area contributed by atoms with Crippen LogP contribution in [0.1, 0.15) is 97.5 Å². The Bertz CT molecular complexity index is 403. The smallest absolute Gasteiger partial charge is 0.119 e. The Hall–Kier alpha value is -0.980. The van der Waals surface area contributed by atoms with Crippen LogP contribution in [-0.4, -0.2) is 6.61 Å². The highest BCUT2D eigenvalue weighted by molar-refractivity contribution is 5.31. The van der Waals surface area contributed by atoms with Crippen LogP contribution >= 0.6 is 0 Å². The van der Waals surface area contributed by atoms with Gasteiger partial charge in [0.1, 0.15) is 5.75 Å². The van der Waals surface area contributed by atoms with Gasteiger partial charge in [-0.15, -0.1) is 0 Å². The van der Waals surface area contributed by atoms with Gasteiger partial charge in [-0.25, -0.2) is 0 Å². The molecule has 0 N–H and O–H groups in total. The van der Waals surface area contributed by atoms with Crippen LogP contribution in [-0.2, 0) is 5.41 Å². The SMILES string of the molecule is CCCCCCCCCCCCOc1cc[c]c(C(C)(C)C)c1. The topological polar surface area (TPSA) is 9.23 Å². The van der Waals surface area contributed by atoms with Crippen LogP contribution in [0.15, 0.2) is 18.2 Å². The van der Waals surface area contributed by atoms with Gasteiger partial charge in [0.2, 0.25) is 0 Å². The van der Waals surface area contributed by atoms with Gasteiger partial charge in [0.05, 0.1) is 6.61 Å². The standard InChI is InChI=1S/C22H37O/c1-5-6-7-8-9-10-11-12-13-14-18-23-21-17-15-16-20(19-21)22(2,3)4/h15,17,19H,5-14,18H2,1-4H3. The summed E-state index contributed by atoms with van der Waals surface area (Å²) in [5.41, 5.74) is 1.36. The summed E-state index contributed by atoms with van der Waals surface area (Å²) in [6, 6.07) is 9.45. The van der Waals surface area contributed by atoms with Crippen LogP contribution in [0.2, 0.25) is 0 Å². The zero-order valence-electron chi connectivity index (χ0n) is 15.9. The van der Waals surface area contributed by atoms with Crippen molar-refractivity contribution in [3.8, 4) is 5.75 Å². The zero-order valence-corrected chi connectivity index (χ0v) is 15.9. The van der Waals surface area contributed by atoms with E-state index in [1.807, 2.05) is 12.1 Å². The third-order valence-corrected chi connectivity index (χ3v) is 4.35. The predicted octanol–water partition coefficient (Wildman–Crippen LogP) is 7.08. The quantitative estimate of drug-likeness (QED) is 0.374. The highest BCUT2D eigenvalue weighted by Crippen LogP contribution is 2.25. The molecule has 0 saturated carbocycles. The molecule has 0 aliphatic heterocycles. The number of benzene rings is 1. The van der Waals surface area contributed by atoms with Gasteiger partial charge in [0, 0.05) is 0 Å². The van der Waals surface area contributed by atoms with Crippen molar-refractivity contribution in [2.24, 2.45) is 0 Å². The molecule has 1 radical (unpaired) electrons. The van der Waals surface area contributed by atoms with E-state index in [-0.39, 0.29) is 5.41 Å². The van der Waals surface area contributed by atoms with E-state index in [0.717, 1.165) is 12.4 Å². The third-order valence-electron chi connectivity index (χ3n) is 4.35. The van der Waals surface area contributed by atoms with Crippen LogP contribution in [0.4, 0.5) is 0 Å². The van der Waals surface area contributed by atoms with E-state index < -0.39 is 0 Å². The molecule has 0 spiro atoms. The molecule has 1 aromatic rings. The number of ether oxygens (including phenoxy) is 1.